The number of benzene rings is 2. The third kappa shape index (κ3) is 3.95. The fraction of sp³-hybridized carbons (Fsp3) is 0.125. The van der Waals surface area contributed by atoms with Gasteiger partial charge in [-0.25, -0.2) is 0 Å². The number of aryl methyl sites for hydroxylation is 1. The fourth-order valence-corrected chi connectivity index (χ4v) is 1.84. The summed E-state index contributed by atoms with van der Waals surface area (Å²) in [6, 6.07) is 16.2. The average Bonchev–Trinajstić information content (AvgIpc) is 2.46. The molecule has 0 aliphatic rings. The number of anilines is 1. The second kappa shape index (κ2) is 6.52. The second-order valence-corrected chi connectivity index (χ2v) is 4.49. The Bertz CT molecular complexity index is 609. The number of carbonyl (C=O) groups is 2. The molecule has 0 unspecified atom stereocenters. The Morgan fingerprint density at radius 1 is 1.00 bits per heavy atom. The lowest BCUT2D eigenvalue weighted by molar-refractivity contribution is -0.120. The lowest BCUT2D eigenvalue weighted by atomic mass is 10.1. The zero-order valence-electron chi connectivity index (χ0n) is 11.0. The molecule has 0 atom stereocenters. The van der Waals surface area contributed by atoms with Crippen LogP contribution < -0.4 is 11.1 Å². The van der Waals surface area contributed by atoms with E-state index >= 15 is 0 Å². The number of nitrogens with one attached hydrogen (secondary N) is 1. The van der Waals surface area contributed by atoms with Gasteiger partial charge in [0.1, 0.15) is 0 Å². The van der Waals surface area contributed by atoms with E-state index in [-0.39, 0.29) is 12.3 Å². The normalized spacial score (nSPS) is 10.0. The molecule has 20 heavy (non-hydrogen) atoms. The van der Waals surface area contributed by atoms with Crippen LogP contribution in [-0.2, 0) is 11.2 Å². The molecule has 0 aliphatic carbocycles. The van der Waals surface area contributed by atoms with Crippen LogP contribution in [0.3, 0.4) is 0 Å². The summed E-state index contributed by atoms with van der Waals surface area (Å²) < 4.78 is 0. The summed E-state index contributed by atoms with van der Waals surface area (Å²) in [5.41, 5.74) is 7.55. The predicted octanol–water partition coefficient (Wildman–Crippen LogP) is 2.16. The molecule has 0 aromatic heterocycles. The van der Waals surface area contributed by atoms with Gasteiger partial charge in [-0.2, -0.15) is 0 Å². The van der Waals surface area contributed by atoms with E-state index in [2.05, 4.69) is 5.32 Å². The number of rotatable bonds is 4. The highest BCUT2D eigenvalue weighted by molar-refractivity contribution is 6.05. The molecule has 4 heteroatoms. The first-order chi connectivity index (χ1) is 9.65. The topological polar surface area (TPSA) is 72.2 Å². The van der Waals surface area contributed by atoms with Crippen LogP contribution in [0.1, 0.15) is 22.3 Å². The summed E-state index contributed by atoms with van der Waals surface area (Å²) >= 11 is 0. The zero-order valence-corrected chi connectivity index (χ0v) is 11.0. The number of nitrogens with two attached hydrogens (primary N) is 1. The van der Waals surface area contributed by atoms with E-state index in [0.29, 0.717) is 17.7 Å². The van der Waals surface area contributed by atoms with Crippen LogP contribution >= 0.6 is 0 Å². The smallest absolute Gasteiger partial charge is 0.257 e. The Kier molecular flexibility index (Phi) is 4.50. The molecule has 2 aromatic rings. The molecule has 0 heterocycles. The monoisotopic (exact) mass is 268 g/mol. The molecule has 2 aromatic carbocycles. The molecule has 0 saturated heterocycles. The van der Waals surface area contributed by atoms with Gasteiger partial charge >= 0.3 is 0 Å². The van der Waals surface area contributed by atoms with Gasteiger partial charge in [0, 0.05) is 17.7 Å². The fourth-order valence-electron chi connectivity index (χ4n) is 1.84. The van der Waals surface area contributed by atoms with E-state index < -0.39 is 5.91 Å². The first kappa shape index (κ1) is 13.8. The van der Waals surface area contributed by atoms with Gasteiger partial charge in [0.2, 0.25) is 5.91 Å². The van der Waals surface area contributed by atoms with Crippen molar-refractivity contribution in [3.05, 3.63) is 65.7 Å². The summed E-state index contributed by atoms with van der Waals surface area (Å²) in [6.45, 7) is 0. The highest BCUT2D eigenvalue weighted by Crippen LogP contribution is 2.07. The van der Waals surface area contributed by atoms with E-state index in [1.807, 2.05) is 30.3 Å². The van der Waals surface area contributed by atoms with Crippen molar-refractivity contribution in [2.24, 2.45) is 0 Å². The summed E-state index contributed by atoms with van der Waals surface area (Å²) in [7, 11) is 0. The van der Waals surface area contributed by atoms with Crippen LogP contribution in [-0.4, -0.2) is 11.8 Å². The van der Waals surface area contributed by atoms with Crippen molar-refractivity contribution < 1.29 is 9.59 Å². The molecule has 0 aliphatic heterocycles. The SMILES string of the molecule is Nc1cccc(C(=O)NC(=O)CCc2ccccc2)c1. The molecule has 0 fully saturated rings. The van der Waals surface area contributed by atoms with E-state index in [9.17, 15) is 9.59 Å². The maximum Gasteiger partial charge on any atom is 0.257 e. The predicted molar refractivity (Wildman–Crippen MR) is 78.1 cm³/mol. The Hall–Kier alpha value is -2.62. The summed E-state index contributed by atoms with van der Waals surface area (Å²) in [4.78, 5) is 23.6. The van der Waals surface area contributed by atoms with E-state index in [0.717, 1.165) is 5.56 Å². The molecule has 2 rings (SSSR count). The minimum atomic E-state index is -0.421. The van der Waals surface area contributed by atoms with Crippen LogP contribution in [0, 0.1) is 0 Å². The molecule has 102 valence electrons. The largest absolute Gasteiger partial charge is 0.399 e. The van der Waals surface area contributed by atoms with Gasteiger partial charge < -0.3 is 5.73 Å². The van der Waals surface area contributed by atoms with Crippen LogP contribution in [0.25, 0.3) is 0 Å². The highest BCUT2D eigenvalue weighted by atomic mass is 16.2. The van der Waals surface area contributed by atoms with Crippen molar-refractivity contribution >= 4 is 17.5 Å². The minimum Gasteiger partial charge on any atom is -0.399 e. The Morgan fingerprint density at radius 2 is 1.75 bits per heavy atom. The number of imide groups is 1. The number of carbonyl (C=O) groups excluding carboxylic acids is 2. The van der Waals surface area contributed by atoms with Gasteiger partial charge in [0.05, 0.1) is 0 Å². The van der Waals surface area contributed by atoms with Gasteiger partial charge in [0.25, 0.3) is 5.91 Å². The molecule has 2 amide bonds. The molecule has 0 spiro atoms. The van der Waals surface area contributed by atoms with Crippen molar-refractivity contribution in [1.29, 1.82) is 0 Å². The van der Waals surface area contributed by atoms with Crippen molar-refractivity contribution in [3.63, 3.8) is 0 Å². The lowest BCUT2D eigenvalue weighted by Crippen LogP contribution is -2.30. The zero-order chi connectivity index (χ0) is 14.4. The van der Waals surface area contributed by atoms with Gasteiger partial charge in [-0.05, 0) is 30.2 Å². The van der Waals surface area contributed by atoms with Crippen molar-refractivity contribution in [2.75, 3.05) is 5.73 Å². The lowest BCUT2D eigenvalue weighted by Gasteiger charge is -2.05. The van der Waals surface area contributed by atoms with Crippen molar-refractivity contribution in [2.45, 2.75) is 12.8 Å². The van der Waals surface area contributed by atoms with Crippen LogP contribution in [0.5, 0.6) is 0 Å². The Balaban J connectivity index is 1.87. The molecule has 0 radical (unpaired) electrons. The summed E-state index contributed by atoms with van der Waals surface area (Å²) in [5.74, 6) is -0.711. The number of hydrogen-bond donors (Lipinski definition) is 2. The van der Waals surface area contributed by atoms with E-state index in [4.69, 9.17) is 5.73 Å². The van der Waals surface area contributed by atoms with Gasteiger partial charge in [0.15, 0.2) is 0 Å². The van der Waals surface area contributed by atoms with Crippen molar-refractivity contribution in [1.82, 2.24) is 5.32 Å². The second-order valence-electron chi connectivity index (χ2n) is 4.49. The van der Waals surface area contributed by atoms with Gasteiger partial charge in [-0.15, -0.1) is 0 Å². The molecule has 4 nitrogen and oxygen atoms in total. The third-order valence-corrected chi connectivity index (χ3v) is 2.89. The average molecular weight is 268 g/mol. The van der Waals surface area contributed by atoms with E-state index in [1.165, 1.54) is 0 Å². The number of nitrogen functional groups attached to an aromatic ring is 1. The first-order valence-electron chi connectivity index (χ1n) is 6.39. The molecular formula is C16H16N2O2. The quantitative estimate of drug-likeness (QED) is 0.835. The van der Waals surface area contributed by atoms with Crippen molar-refractivity contribution in [3.8, 4) is 0 Å². The first-order valence-corrected chi connectivity index (χ1v) is 6.39. The van der Waals surface area contributed by atoms with Gasteiger partial charge in [-0.1, -0.05) is 36.4 Å². The number of hydrogen-bond acceptors (Lipinski definition) is 3. The van der Waals surface area contributed by atoms with Gasteiger partial charge in [-0.3, -0.25) is 14.9 Å². The highest BCUT2D eigenvalue weighted by Gasteiger charge is 2.10. The van der Waals surface area contributed by atoms with E-state index in [1.54, 1.807) is 24.3 Å². The number of amides is 2. The van der Waals surface area contributed by atoms with Crippen LogP contribution in [0.15, 0.2) is 54.6 Å². The molecule has 3 N–H and O–H groups in total. The molecule has 0 bridgehead atoms. The minimum absolute atomic E-state index is 0.276. The summed E-state index contributed by atoms with van der Waals surface area (Å²) in [6.07, 6.45) is 0.884. The molecule has 0 saturated carbocycles. The summed E-state index contributed by atoms with van der Waals surface area (Å²) in [5, 5.41) is 2.36. The maximum atomic E-state index is 11.8. The molecular weight excluding hydrogens is 252 g/mol. The maximum absolute atomic E-state index is 11.8. The Labute approximate surface area is 117 Å². The van der Waals surface area contributed by atoms with Crippen LogP contribution in [0.4, 0.5) is 5.69 Å². The van der Waals surface area contributed by atoms with Crippen LogP contribution in [0.2, 0.25) is 0 Å². The Morgan fingerprint density at radius 3 is 2.45 bits per heavy atom. The standard InChI is InChI=1S/C16H16N2O2/c17-14-8-4-7-13(11-14)16(20)18-15(19)10-9-12-5-2-1-3-6-12/h1-8,11H,9-10,17H2,(H,18,19,20). The third-order valence-electron chi connectivity index (χ3n) is 2.89.